The van der Waals surface area contributed by atoms with Crippen molar-refractivity contribution in [3.8, 4) is 0 Å². The highest BCUT2D eigenvalue weighted by molar-refractivity contribution is 5.96. The number of alkyl halides is 4. The van der Waals surface area contributed by atoms with Gasteiger partial charge in [-0.05, 0) is 24.6 Å². The summed E-state index contributed by atoms with van der Waals surface area (Å²) in [7, 11) is 0. The molecule has 1 aliphatic heterocycles. The zero-order chi connectivity index (χ0) is 17.2. The lowest BCUT2D eigenvalue weighted by Crippen LogP contribution is -2.52. The van der Waals surface area contributed by atoms with Crippen molar-refractivity contribution < 1.29 is 22.4 Å². The topological polar surface area (TPSA) is 49.6 Å². The average Bonchev–Trinajstić information content (AvgIpc) is 2.49. The van der Waals surface area contributed by atoms with Gasteiger partial charge < -0.3 is 10.6 Å². The second kappa shape index (κ2) is 9.45. The zero-order valence-electron chi connectivity index (χ0n) is 13.6. The predicted molar refractivity (Wildman–Crippen MR) is 93.4 cm³/mol. The number of hydrogen-bond acceptors (Lipinski definition) is 3. The highest BCUT2D eigenvalue weighted by atomic mass is 35.5. The summed E-state index contributed by atoms with van der Waals surface area (Å²) in [5, 5.41) is 0. The molecule has 4 nitrogen and oxygen atoms in total. The average molecular weight is 406 g/mol. The standard InChI is InChI=1S/C15H19F4N3O.2ClH/c1-10-2-3-11(20)8-12(10)13(23)22-6-4-21(5-7-22)9-15(18,19)14(16)17;;/h2-3,8,14H,4-7,9,20H2,1H3;2*1H. The second-order valence-electron chi connectivity index (χ2n) is 5.70. The van der Waals surface area contributed by atoms with Crippen molar-refractivity contribution in [1.82, 2.24) is 9.80 Å². The molecule has 25 heavy (non-hydrogen) atoms. The van der Waals surface area contributed by atoms with Crippen LogP contribution in [-0.2, 0) is 0 Å². The second-order valence-corrected chi connectivity index (χ2v) is 5.70. The fraction of sp³-hybridized carbons (Fsp3) is 0.533. The van der Waals surface area contributed by atoms with E-state index in [0.717, 1.165) is 5.56 Å². The molecule has 2 rings (SSSR count). The van der Waals surface area contributed by atoms with Gasteiger partial charge in [-0.25, -0.2) is 8.78 Å². The number of aryl methyl sites for hydroxylation is 1. The van der Waals surface area contributed by atoms with Crippen LogP contribution in [0.4, 0.5) is 23.2 Å². The Morgan fingerprint density at radius 3 is 2.28 bits per heavy atom. The summed E-state index contributed by atoms with van der Waals surface area (Å²) in [5.74, 6) is -4.26. The van der Waals surface area contributed by atoms with Crippen molar-refractivity contribution in [2.75, 3.05) is 38.5 Å². The van der Waals surface area contributed by atoms with Crippen molar-refractivity contribution in [2.45, 2.75) is 19.3 Å². The van der Waals surface area contributed by atoms with Gasteiger partial charge >= 0.3 is 12.3 Å². The van der Waals surface area contributed by atoms with E-state index in [1.54, 1.807) is 25.1 Å². The van der Waals surface area contributed by atoms with Crippen molar-refractivity contribution in [2.24, 2.45) is 0 Å². The molecule has 1 saturated heterocycles. The molecule has 0 aliphatic carbocycles. The maximum Gasteiger partial charge on any atom is 0.319 e. The molecule has 1 aromatic carbocycles. The smallest absolute Gasteiger partial charge is 0.319 e. The first kappa shape index (κ1) is 23.8. The van der Waals surface area contributed by atoms with Crippen LogP contribution in [0.15, 0.2) is 18.2 Å². The van der Waals surface area contributed by atoms with Gasteiger partial charge in [-0.2, -0.15) is 8.78 Å². The van der Waals surface area contributed by atoms with E-state index in [9.17, 15) is 22.4 Å². The lowest BCUT2D eigenvalue weighted by atomic mass is 10.1. The first-order valence-electron chi connectivity index (χ1n) is 7.24. The Balaban J connectivity index is 0.00000288. The van der Waals surface area contributed by atoms with E-state index in [2.05, 4.69) is 0 Å². The molecule has 0 radical (unpaired) electrons. The Hall–Kier alpha value is -1.25. The van der Waals surface area contributed by atoms with Gasteiger partial charge in [-0.3, -0.25) is 9.69 Å². The lowest BCUT2D eigenvalue weighted by Gasteiger charge is -2.36. The molecule has 0 saturated carbocycles. The molecular weight excluding hydrogens is 385 g/mol. The summed E-state index contributed by atoms with van der Waals surface area (Å²) in [6, 6.07) is 5.01. The highest BCUT2D eigenvalue weighted by Gasteiger charge is 2.42. The fourth-order valence-corrected chi connectivity index (χ4v) is 2.52. The minimum Gasteiger partial charge on any atom is -0.399 e. The summed E-state index contributed by atoms with van der Waals surface area (Å²) in [6.07, 6.45) is -3.68. The summed E-state index contributed by atoms with van der Waals surface area (Å²) in [5.41, 5.74) is 7.39. The van der Waals surface area contributed by atoms with Gasteiger partial charge in [0, 0.05) is 37.4 Å². The summed E-state index contributed by atoms with van der Waals surface area (Å²) in [6.45, 7) is 1.49. The normalized spacial score (nSPS) is 15.5. The van der Waals surface area contributed by atoms with Crippen molar-refractivity contribution in [1.29, 1.82) is 0 Å². The number of rotatable bonds is 4. The Labute approximate surface area is 156 Å². The van der Waals surface area contributed by atoms with Crippen LogP contribution in [0, 0.1) is 6.92 Å². The molecule has 1 aliphatic rings. The predicted octanol–water partition coefficient (Wildman–Crippen LogP) is 3.08. The van der Waals surface area contributed by atoms with E-state index in [1.807, 2.05) is 0 Å². The van der Waals surface area contributed by atoms with Gasteiger partial charge in [0.2, 0.25) is 0 Å². The molecule has 0 bridgehead atoms. The zero-order valence-corrected chi connectivity index (χ0v) is 15.2. The third-order valence-corrected chi connectivity index (χ3v) is 3.91. The molecule has 0 spiro atoms. The van der Waals surface area contributed by atoms with Gasteiger partial charge in [0.05, 0.1) is 6.54 Å². The molecule has 0 unspecified atom stereocenters. The van der Waals surface area contributed by atoms with Crippen molar-refractivity contribution >= 4 is 36.4 Å². The highest BCUT2D eigenvalue weighted by Crippen LogP contribution is 2.25. The molecule has 1 heterocycles. The van der Waals surface area contributed by atoms with Crippen LogP contribution in [0.5, 0.6) is 0 Å². The van der Waals surface area contributed by atoms with Crippen LogP contribution in [0.25, 0.3) is 0 Å². The number of carbonyl (C=O) groups excluding carboxylic acids is 1. The maximum atomic E-state index is 13.1. The number of nitrogens with zero attached hydrogens (tertiary/aromatic N) is 2. The molecular formula is C15H21Cl2F4N3O. The third kappa shape index (κ3) is 5.90. The SMILES string of the molecule is Cc1ccc(N)cc1C(=O)N1CCN(CC(F)(F)C(F)F)CC1.Cl.Cl. The number of piperazine rings is 1. The van der Waals surface area contributed by atoms with Crippen LogP contribution in [0.3, 0.4) is 0 Å². The molecule has 0 atom stereocenters. The Kier molecular flexibility index (Phi) is 8.98. The van der Waals surface area contributed by atoms with Crippen LogP contribution in [0.1, 0.15) is 15.9 Å². The quantitative estimate of drug-likeness (QED) is 0.618. The number of nitrogens with two attached hydrogens (primary N) is 1. The number of halogens is 6. The molecule has 1 fully saturated rings. The molecule has 2 N–H and O–H groups in total. The van der Waals surface area contributed by atoms with Crippen LogP contribution in [0.2, 0.25) is 0 Å². The third-order valence-electron chi connectivity index (χ3n) is 3.91. The number of hydrogen-bond donors (Lipinski definition) is 1. The summed E-state index contributed by atoms with van der Waals surface area (Å²) in [4.78, 5) is 15.2. The number of benzene rings is 1. The summed E-state index contributed by atoms with van der Waals surface area (Å²) >= 11 is 0. The monoisotopic (exact) mass is 405 g/mol. The van der Waals surface area contributed by atoms with Gasteiger partial charge in [0.25, 0.3) is 5.91 Å². The number of nitrogen functional groups attached to an aromatic ring is 1. The van der Waals surface area contributed by atoms with Crippen molar-refractivity contribution in [3.63, 3.8) is 0 Å². The first-order chi connectivity index (χ1) is 10.7. The van der Waals surface area contributed by atoms with Gasteiger partial charge in [0.15, 0.2) is 0 Å². The molecule has 1 aromatic rings. The van der Waals surface area contributed by atoms with Gasteiger partial charge in [0.1, 0.15) is 0 Å². The molecule has 10 heteroatoms. The molecule has 144 valence electrons. The summed E-state index contributed by atoms with van der Waals surface area (Å²) < 4.78 is 50.6. The Morgan fingerprint density at radius 2 is 1.76 bits per heavy atom. The van der Waals surface area contributed by atoms with E-state index >= 15 is 0 Å². The largest absolute Gasteiger partial charge is 0.399 e. The van der Waals surface area contributed by atoms with E-state index in [-0.39, 0.29) is 56.9 Å². The molecule has 0 aromatic heterocycles. The molecule has 1 amide bonds. The van der Waals surface area contributed by atoms with Crippen molar-refractivity contribution in [3.05, 3.63) is 29.3 Å². The number of anilines is 1. The van der Waals surface area contributed by atoms with Crippen LogP contribution < -0.4 is 5.73 Å². The number of amides is 1. The Bertz CT molecular complexity index is 582. The van der Waals surface area contributed by atoms with Crippen LogP contribution in [-0.4, -0.2) is 60.8 Å². The maximum absolute atomic E-state index is 13.1. The number of carbonyl (C=O) groups is 1. The minimum atomic E-state index is -4.03. The Morgan fingerprint density at radius 1 is 1.20 bits per heavy atom. The van der Waals surface area contributed by atoms with E-state index < -0.39 is 18.9 Å². The first-order valence-corrected chi connectivity index (χ1v) is 7.24. The minimum absolute atomic E-state index is 0. The fourth-order valence-electron chi connectivity index (χ4n) is 2.52. The van der Waals surface area contributed by atoms with E-state index in [1.165, 1.54) is 9.80 Å². The lowest BCUT2D eigenvalue weighted by molar-refractivity contribution is -0.144. The van der Waals surface area contributed by atoms with E-state index in [0.29, 0.717) is 11.3 Å². The van der Waals surface area contributed by atoms with Crippen LogP contribution >= 0.6 is 24.8 Å². The van der Waals surface area contributed by atoms with Gasteiger partial charge in [-0.1, -0.05) is 6.07 Å². The van der Waals surface area contributed by atoms with E-state index in [4.69, 9.17) is 5.73 Å². The van der Waals surface area contributed by atoms with Gasteiger partial charge in [-0.15, -0.1) is 24.8 Å².